The third-order valence-corrected chi connectivity index (χ3v) is 4.01. The van der Waals surface area contributed by atoms with Crippen LogP contribution in [0.3, 0.4) is 0 Å². The number of nitrogens with zero attached hydrogens (tertiary/aromatic N) is 2. The van der Waals surface area contributed by atoms with Crippen LogP contribution in [-0.4, -0.2) is 16.2 Å². The van der Waals surface area contributed by atoms with E-state index in [9.17, 15) is 0 Å². The SMILES string of the molecule is CSc1ccc(-c2nc(N)c3cc(Cl)ccc3n2)cc1. The Labute approximate surface area is 126 Å². The van der Waals surface area contributed by atoms with Crippen LogP contribution in [0.5, 0.6) is 0 Å². The molecule has 0 atom stereocenters. The monoisotopic (exact) mass is 301 g/mol. The van der Waals surface area contributed by atoms with E-state index in [0.29, 0.717) is 16.7 Å². The number of nitrogen functional groups attached to an aromatic ring is 1. The van der Waals surface area contributed by atoms with E-state index in [2.05, 4.69) is 9.97 Å². The summed E-state index contributed by atoms with van der Waals surface area (Å²) in [7, 11) is 0. The van der Waals surface area contributed by atoms with Gasteiger partial charge in [0.15, 0.2) is 5.82 Å². The van der Waals surface area contributed by atoms with Crippen LogP contribution in [0.15, 0.2) is 47.4 Å². The fourth-order valence-corrected chi connectivity index (χ4v) is 2.57. The minimum Gasteiger partial charge on any atom is -0.383 e. The van der Waals surface area contributed by atoms with E-state index in [1.54, 1.807) is 23.9 Å². The summed E-state index contributed by atoms with van der Waals surface area (Å²) in [5.74, 6) is 1.08. The summed E-state index contributed by atoms with van der Waals surface area (Å²) in [6.45, 7) is 0. The maximum atomic E-state index is 6.01. The predicted molar refractivity (Wildman–Crippen MR) is 86.2 cm³/mol. The van der Waals surface area contributed by atoms with Crippen LogP contribution in [0.2, 0.25) is 5.02 Å². The number of aromatic nitrogens is 2. The predicted octanol–water partition coefficient (Wildman–Crippen LogP) is 4.25. The molecule has 2 aromatic carbocycles. The molecule has 3 rings (SSSR count). The van der Waals surface area contributed by atoms with Gasteiger partial charge in [-0.15, -0.1) is 11.8 Å². The van der Waals surface area contributed by atoms with Crippen LogP contribution in [0.1, 0.15) is 0 Å². The zero-order chi connectivity index (χ0) is 14.1. The highest BCUT2D eigenvalue weighted by molar-refractivity contribution is 7.98. The molecule has 3 aromatic rings. The van der Waals surface area contributed by atoms with Gasteiger partial charge < -0.3 is 5.73 Å². The number of anilines is 1. The van der Waals surface area contributed by atoms with Gasteiger partial charge in [-0.3, -0.25) is 0 Å². The zero-order valence-electron chi connectivity index (χ0n) is 10.8. The van der Waals surface area contributed by atoms with Gasteiger partial charge in [0.05, 0.1) is 5.52 Å². The smallest absolute Gasteiger partial charge is 0.162 e. The highest BCUT2D eigenvalue weighted by Crippen LogP contribution is 2.26. The van der Waals surface area contributed by atoms with Gasteiger partial charge in [0.1, 0.15) is 5.82 Å². The van der Waals surface area contributed by atoms with E-state index in [1.807, 2.05) is 36.6 Å². The molecule has 0 saturated carbocycles. The van der Waals surface area contributed by atoms with Crippen molar-refractivity contribution in [3.63, 3.8) is 0 Å². The van der Waals surface area contributed by atoms with Gasteiger partial charge in [0.2, 0.25) is 0 Å². The van der Waals surface area contributed by atoms with E-state index in [1.165, 1.54) is 4.90 Å². The maximum Gasteiger partial charge on any atom is 0.162 e. The molecule has 1 aromatic heterocycles. The second-order valence-corrected chi connectivity index (χ2v) is 5.64. The standard InChI is InChI=1S/C15H12ClN3S/c1-20-11-5-2-9(3-6-11)15-18-13-7-4-10(16)8-12(13)14(17)19-15/h2-8H,1H3,(H2,17,18,19). The van der Waals surface area contributed by atoms with Crippen molar-refractivity contribution < 1.29 is 0 Å². The summed E-state index contributed by atoms with van der Waals surface area (Å²) < 4.78 is 0. The lowest BCUT2D eigenvalue weighted by Gasteiger charge is -2.06. The first-order valence-corrected chi connectivity index (χ1v) is 7.65. The fourth-order valence-electron chi connectivity index (χ4n) is 1.99. The Morgan fingerprint density at radius 2 is 1.80 bits per heavy atom. The van der Waals surface area contributed by atoms with Crippen LogP contribution in [0.4, 0.5) is 5.82 Å². The van der Waals surface area contributed by atoms with E-state index in [0.717, 1.165) is 16.5 Å². The molecule has 5 heteroatoms. The minimum atomic E-state index is 0.446. The van der Waals surface area contributed by atoms with Gasteiger partial charge in [-0.1, -0.05) is 23.7 Å². The summed E-state index contributed by atoms with van der Waals surface area (Å²) in [5, 5.41) is 1.41. The van der Waals surface area contributed by atoms with Gasteiger partial charge in [-0.25, -0.2) is 9.97 Å². The lowest BCUT2D eigenvalue weighted by molar-refractivity contribution is 1.23. The van der Waals surface area contributed by atoms with E-state index >= 15 is 0 Å². The number of hydrogen-bond acceptors (Lipinski definition) is 4. The Morgan fingerprint density at radius 3 is 2.50 bits per heavy atom. The van der Waals surface area contributed by atoms with Crippen molar-refractivity contribution in [1.82, 2.24) is 9.97 Å². The average Bonchev–Trinajstić information content (AvgIpc) is 2.48. The van der Waals surface area contributed by atoms with E-state index in [4.69, 9.17) is 17.3 Å². The van der Waals surface area contributed by atoms with Crippen molar-refractivity contribution in [2.45, 2.75) is 4.90 Å². The second-order valence-electron chi connectivity index (χ2n) is 4.32. The fraction of sp³-hybridized carbons (Fsp3) is 0.0667. The third-order valence-electron chi connectivity index (χ3n) is 3.04. The number of thioether (sulfide) groups is 1. The molecule has 0 radical (unpaired) electrons. The molecule has 0 amide bonds. The Bertz CT molecular complexity index is 772. The third kappa shape index (κ3) is 2.44. The van der Waals surface area contributed by atoms with E-state index < -0.39 is 0 Å². The van der Waals surface area contributed by atoms with Gasteiger partial charge in [0, 0.05) is 20.9 Å². The van der Waals surface area contributed by atoms with E-state index in [-0.39, 0.29) is 0 Å². The highest BCUT2D eigenvalue weighted by Gasteiger charge is 2.07. The Morgan fingerprint density at radius 1 is 1.05 bits per heavy atom. The van der Waals surface area contributed by atoms with Crippen molar-refractivity contribution in [3.05, 3.63) is 47.5 Å². The topological polar surface area (TPSA) is 51.8 Å². The lowest BCUT2D eigenvalue weighted by atomic mass is 10.2. The molecule has 0 fully saturated rings. The average molecular weight is 302 g/mol. The molecule has 0 aliphatic rings. The quantitative estimate of drug-likeness (QED) is 0.719. The molecule has 0 spiro atoms. The van der Waals surface area contributed by atoms with Crippen molar-refractivity contribution >= 4 is 40.1 Å². The van der Waals surface area contributed by atoms with Crippen LogP contribution in [-0.2, 0) is 0 Å². The number of nitrogens with two attached hydrogens (primary N) is 1. The number of fused-ring (bicyclic) bond motifs is 1. The second kappa shape index (κ2) is 5.31. The summed E-state index contributed by atoms with van der Waals surface area (Å²) in [4.78, 5) is 10.1. The number of hydrogen-bond donors (Lipinski definition) is 1. The summed E-state index contributed by atoms with van der Waals surface area (Å²) >= 11 is 7.67. The van der Waals surface area contributed by atoms with Crippen LogP contribution >= 0.6 is 23.4 Å². The highest BCUT2D eigenvalue weighted by atomic mass is 35.5. The molecular weight excluding hydrogens is 290 g/mol. The van der Waals surface area contributed by atoms with Gasteiger partial charge in [0.25, 0.3) is 0 Å². The van der Waals surface area contributed by atoms with Gasteiger partial charge in [-0.2, -0.15) is 0 Å². The molecule has 0 unspecified atom stereocenters. The van der Waals surface area contributed by atoms with Crippen molar-refractivity contribution in [2.24, 2.45) is 0 Å². The Kier molecular flexibility index (Phi) is 3.51. The van der Waals surface area contributed by atoms with Gasteiger partial charge in [-0.05, 0) is 36.6 Å². The molecule has 1 heterocycles. The molecule has 0 bridgehead atoms. The number of benzene rings is 2. The molecular formula is C15H12ClN3S. The first-order chi connectivity index (χ1) is 9.67. The first-order valence-electron chi connectivity index (χ1n) is 6.04. The number of halogens is 1. The maximum absolute atomic E-state index is 6.01. The van der Waals surface area contributed by atoms with Crippen molar-refractivity contribution in [1.29, 1.82) is 0 Å². The lowest BCUT2D eigenvalue weighted by Crippen LogP contribution is -1.97. The molecule has 0 aliphatic heterocycles. The molecule has 0 aliphatic carbocycles. The Balaban J connectivity index is 2.14. The molecule has 3 nitrogen and oxygen atoms in total. The Hall–Kier alpha value is -1.78. The zero-order valence-corrected chi connectivity index (χ0v) is 12.4. The largest absolute Gasteiger partial charge is 0.383 e. The molecule has 100 valence electrons. The summed E-state index contributed by atoms with van der Waals surface area (Å²) in [5.41, 5.74) is 7.75. The normalized spacial score (nSPS) is 10.9. The van der Waals surface area contributed by atoms with Crippen molar-refractivity contribution in [2.75, 3.05) is 12.0 Å². The summed E-state index contributed by atoms with van der Waals surface area (Å²) in [6, 6.07) is 13.5. The van der Waals surface area contributed by atoms with Gasteiger partial charge >= 0.3 is 0 Å². The van der Waals surface area contributed by atoms with Crippen LogP contribution in [0.25, 0.3) is 22.3 Å². The minimum absolute atomic E-state index is 0.446. The molecule has 20 heavy (non-hydrogen) atoms. The first kappa shape index (κ1) is 13.2. The van der Waals surface area contributed by atoms with Crippen LogP contribution in [0, 0.1) is 0 Å². The molecule has 0 saturated heterocycles. The summed E-state index contributed by atoms with van der Waals surface area (Å²) in [6.07, 6.45) is 2.04. The number of rotatable bonds is 2. The van der Waals surface area contributed by atoms with Crippen LogP contribution < -0.4 is 5.73 Å². The molecule has 2 N–H and O–H groups in total. The van der Waals surface area contributed by atoms with Crippen molar-refractivity contribution in [3.8, 4) is 11.4 Å².